The molecule has 0 aromatic rings. The molecule has 0 spiro atoms. The molecule has 4 saturated carbocycles. The van der Waals surface area contributed by atoms with E-state index >= 15 is 0 Å². The summed E-state index contributed by atoms with van der Waals surface area (Å²) in [4.78, 5) is 0. The fourth-order valence-corrected chi connectivity index (χ4v) is 7.87. The zero-order valence-corrected chi connectivity index (χ0v) is 14.3. The third-order valence-electron chi connectivity index (χ3n) is 8.56. The molecule has 4 rings (SSSR count). The first-order chi connectivity index (χ1) is 10.2. The maximum atomic E-state index is 4.15. The van der Waals surface area contributed by atoms with Crippen LogP contribution in [-0.2, 0) is 0 Å². The normalized spacial score (nSPS) is 58.0. The van der Waals surface area contributed by atoms with E-state index in [1.807, 2.05) is 0 Å². The molecule has 0 saturated heterocycles. The first-order valence-corrected chi connectivity index (χ1v) is 9.78. The Morgan fingerprint density at radius 1 is 0.905 bits per heavy atom. The first kappa shape index (κ1) is 14.3. The topological polar surface area (TPSA) is 0 Å². The van der Waals surface area contributed by atoms with E-state index in [4.69, 9.17) is 0 Å². The van der Waals surface area contributed by atoms with Gasteiger partial charge in [-0.05, 0) is 84.9 Å². The molecule has 10 atom stereocenters. The monoisotopic (exact) mass is 286 g/mol. The number of rotatable bonds is 4. The zero-order chi connectivity index (χ0) is 14.7. The lowest BCUT2D eigenvalue weighted by molar-refractivity contribution is 0.0437. The van der Waals surface area contributed by atoms with Crippen molar-refractivity contribution < 1.29 is 0 Å². The Hall–Kier alpha value is -0.260. The molecule has 21 heavy (non-hydrogen) atoms. The summed E-state index contributed by atoms with van der Waals surface area (Å²) >= 11 is 0. The van der Waals surface area contributed by atoms with Crippen LogP contribution >= 0.6 is 0 Å². The van der Waals surface area contributed by atoms with Gasteiger partial charge in [0, 0.05) is 0 Å². The standard InChI is InChI=1S/C21H34/c1-5-7-15-9-17-11-18(15)13(4)20(17)21-12(3)16-8-14(6-2)19(21)10-16/h6,12-21H,2,5,7-11H2,1,3-4H3. The van der Waals surface area contributed by atoms with Crippen molar-refractivity contribution in [3.63, 3.8) is 0 Å². The highest BCUT2D eigenvalue weighted by atomic mass is 14.6. The molecule has 4 aliphatic rings. The third-order valence-corrected chi connectivity index (χ3v) is 8.56. The molecular formula is C21H34. The van der Waals surface area contributed by atoms with Crippen molar-refractivity contribution in [1.29, 1.82) is 0 Å². The fourth-order valence-electron chi connectivity index (χ4n) is 7.87. The Labute approximate surface area is 131 Å². The van der Waals surface area contributed by atoms with Crippen LogP contribution in [0.15, 0.2) is 12.7 Å². The van der Waals surface area contributed by atoms with Crippen LogP contribution in [0.25, 0.3) is 0 Å². The maximum Gasteiger partial charge on any atom is -0.0202 e. The molecule has 10 unspecified atom stereocenters. The Balaban J connectivity index is 1.54. The summed E-state index contributed by atoms with van der Waals surface area (Å²) in [5, 5.41) is 0. The molecule has 0 aromatic carbocycles. The van der Waals surface area contributed by atoms with E-state index in [2.05, 4.69) is 33.4 Å². The van der Waals surface area contributed by atoms with Crippen molar-refractivity contribution in [3.8, 4) is 0 Å². The zero-order valence-electron chi connectivity index (χ0n) is 14.3. The van der Waals surface area contributed by atoms with Gasteiger partial charge < -0.3 is 0 Å². The molecule has 0 radical (unpaired) electrons. The highest BCUT2D eigenvalue weighted by Gasteiger charge is 2.59. The second-order valence-corrected chi connectivity index (χ2v) is 9.11. The lowest BCUT2D eigenvalue weighted by Crippen LogP contribution is -2.39. The van der Waals surface area contributed by atoms with Crippen molar-refractivity contribution in [2.24, 2.45) is 59.2 Å². The van der Waals surface area contributed by atoms with Crippen LogP contribution in [0.5, 0.6) is 0 Å². The van der Waals surface area contributed by atoms with Gasteiger partial charge in [-0.15, -0.1) is 6.58 Å². The largest absolute Gasteiger partial charge is 0.103 e. The van der Waals surface area contributed by atoms with Crippen LogP contribution in [0.4, 0.5) is 0 Å². The minimum absolute atomic E-state index is 0.856. The Morgan fingerprint density at radius 3 is 2.29 bits per heavy atom. The molecule has 4 bridgehead atoms. The van der Waals surface area contributed by atoms with Crippen molar-refractivity contribution in [2.75, 3.05) is 0 Å². The van der Waals surface area contributed by atoms with Crippen molar-refractivity contribution in [2.45, 2.75) is 59.3 Å². The molecule has 4 aliphatic carbocycles. The molecule has 0 aromatic heterocycles. The van der Waals surface area contributed by atoms with Gasteiger partial charge in [0.1, 0.15) is 0 Å². The number of fused-ring (bicyclic) bond motifs is 4. The van der Waals surface area contributed by atoms with E-state index in [9.17, 15) is 0 Å². The Kier molecular flexibility index (Phi) is 3.51. The Morgan fingerprint density at radius 2 is 1.67 bits per heavy atom. The lowest BCUT2D eigenvalue weighted by atomic mass is 9.61. The first-order valence-electron chi connectivity index (χ1n) is 9.78. The van der Waals surface area contributed by atoms with Gasteiger partial charge in [0.05, 0.1) is 0 Å². The van der Waals surface area contributed by atoms with Crippen molar-refractivity contribution >= 4 is 0 Å². The summed E-state index contributed by atoms with van der Waals surface area (Å²) in [6.45, 7) is 11.7. The molecule has 0 N–H and O–H groups in total. The molecule has 4 fully saturated rings. The quantitative estimate of drug-likeness (QED) is 0.574. The second-order valence-electron chi connectivity index (χ2n) is 9.11. The fraction of sp³-hybridized carbons (Fsp3) is 0.905. The summed E-state index contributed by atoms with van der Waals surface area (Å²) in [6.07, 6.45) is 11.3. The van der Waals surface area contributed by atoms with Gasteiger partial charge in [0.15, 0.2) is 0 Å². The average molecular weight is 287 g/mol. The van der Waals surface area contributed by atoms with E-state index in [-0.39, 0.29) is 0 Å². The summed E-state index contributed by atoms with van der Waals surface area (Å²) in [7, 11) is 0. The van der Waals surface area contributed by atoms with Crippen LogP contribution in [0.3, 0.4) is 0 Å². The van der Waals surface area contributed by atoms with Gasteiger partial charge in [0.2, 0.25) is 0 Å². The van der Waals surface area contributed by atoms with Crippen LogP contribution in [-0.4, -0.2) is 0 Å². The van der Waals surface area contributed by atoms with E-state index in [1.165, 1.54) is 25.7 Å². The van der Waals surface area contributed by atoms with Gasteiger partial charge in [-0.1, -0.05) is 39.7 Å². The Bertz CT molecular complexity index is 408. The minimum atomic E-state index is 0.856. The van der Waals surface area contributed by atoms with E-state index in [0.29, 0.717) is 0 Å². The van der Waals surface area contributed by atoms with Gasteiger partial charge in [-0.25, -0.2) is 0 Å². The van der Waals surface area contributed by atoms with Crippen LogP contribution in [0, 0.1) is 59.2 Å². The third kappa shape index (κ3) is 1.93. The smallest absolute Gasteiger partial charge is 0.0202 e. The molecule has 0 aliphatic heterocycles. The molecule has 0 nitrogen and oxygen atoms in total. The second kappa shape index (κ2) is 5.14. The number of hydrogen-bond donors (Lipinski definition) is 0. The lowest BCUT2D eigenvalue weighted by Gasteiger charge is -2.44. The van der Waals surface area contributed by atoms with E-state index in [1.54, 1.807) is 12.8 Å². The van der Waals surface area contributed by atoms with Gasteiger partial charge >= 0.3 is 0 Å². The summed E-state index contributed by atoms with van der Waals surface area (Å²) in [5.41, 5.74) is 0. The highest BCUT2D eigenvalue weighted by Crippen LogP contribution is 2.66. The SMILES string of the molecule is C=CC1CC2CC1C(C1C3CC(CCC)C(C3)C1C)C2C. The summed E-state index contributed by atoms with van der Waals surface area (Å²) in [5.74, 6) is 10.2. The van der Waals surface area contributed by atoms with Crippen LogP contribution in [0.1, 0.15) is 59.3 Å². The number of allylic oxidation sites excluding steroid dienone is 1. The maximum absolute atomic E-state index is 4.15. The number of hydrogen-bond acceptors (Lipinski definition) is 0. The molecule has 0 heteroatoms. The van der Waals surface area contributed by atoms with Gasteiger partial charge in [0.25, 0.3) is 0 Å². The molecule has 0 heterocycles. The predicted molar refractivity (Wildman–Crippen MR) is 89.8 cm³/mol. The van der Waals surface area contributed by atoms with Crippen LogP contribution in [0.2, 0.25) is 0 Å². The van der Waals surface area contributed by atoms with E-state index in [0.717, 1.165) is 59.2 Å². The van der Waals surface area contributed by atoms with E-state index < -0.39 is 0 Å². The molecular weight excluding hydrogens is 252 g/mol. The molecule has 118 valence electrons. The van der Waals surface area contributed by atoms with Crippen molar-refractivity contribution in [3.05, 3.63) is 12.7 Å². The van der Waals surface area contributed by atoms with Gasteiger partial charge in [-0.2, -0.15) is 0 Å². The van der Waals surface area contributed by atoms with Crippen LogP contribution < -0.4 is 0 Å². The minimum Gasteiger partial charge on any atom is -0.103 e. The van der Waals surface area contributed by atoms with Gasteiger partial charge in [-0.3, -0.25) is 0 Å². The molecule has 0 amide bonds. The summed E-state index contributed by atoms with van der Waals surface area (Å²) < 4.78 is 0. The highest BCUT2D eigenvalue weighted by molar-refractivity contribution is 5.10. The predicted octanol–water partition coefficient (Wildman–Crippen LogP) is 5.79. The summed E-state index contributed by atoms with van der Waals surface area (Å²) in [6, 6.07) is 0. The van der Waals surface area contributed by atoms with Crippen molar-refractivity contribution in [1.82, 2.24) is 0 Å². The average Bonchev–Trinajstić information content (AvgIpc) is 3.18.